The van der Waals surface area contributed by atoms with Gasteiger partial charge >= 0.3 is 0 Å². The van der Waals surface area contributed by atoms with Crippen molar-refractivity contribution in [1.29, 1.82) is 0 Å². The molecular weight excluding hydrogens is 563 g/mol. The van der Waals surface area contributed by atoms with Crippen LogP contribution in [-0.2, 0) is 17.8 Å². The number of aliphatic hydroxyl groups excluding tert-OH is 1. The molecule has 0 radical (unpaired) electrons. The van der Waals surface area contributed by atoms with Crippen molar-refractivity contribution >= 4 is 16.8 Å². The second-order valence-electron chi connectivity index (χ2n) is 10.6. The number of aromatic amines is 1. The number of carbonyl (C=O) groups is 1. The predicted octanol–water partition coefficient (Wildman–Crippen LogP) is 5.90. The average molecular weight is 597 g/mol. The van der Waals surface area contributed by atoms with E-state index in [0.717, 1.165) is 27.6 Å². The Kier molecular flexibility index (Phi) is 8.49. The first-order valence-electron chi connectivity index (χ1n) is 14.4. The molecule has 4 aromatic carbocycles. The minimum absolute atomic E-state index is 0.252. The molecule has 0 bridgehead atoms. The predicted molar refractivity (Wildman–Crippen MR) is 166 cm³/mol. The van der Waals surface area contributed by atoms with Gasteiger partial charge in [0, 0.05) is 52.0 Å². The monoisotopic (exact) mass is 596 g/mol. The maximum atomic E-state index is 15.1. The van der Waals surface area contributed by atoms with Gasteiger partial charge in [-0.2, -0.15) is 0 Å². The number of amides is 1. The fourth-order valence-corrected chi connectivity index (χ4v) is 5.63. The summed E-state index contributed by atoms with van der Waals surface area (Å²) in [6, 6.07) is 20.7. The van der Waals surface area contributed by atoms with Crippen LogP contribution in [0.4, 0.5) is 4.39 Å². The maximum absolute atomic E-state index is 15.1. The van der Waals surface area contributed by atoms with E-state index in [2.05, 4.69) is 10.3 Å². The molecule has 44 heavy (non-hydrogen) atoms. The van der Waals surface area contributed by atoms with Gasteiger partial charge in [-0.15, -0.1) is 0 Å². The zero-order valence-electron chi connectivity index (χ0n) is 24.5. The van der Waals surface area contributed by atoms with Crippen LogP contribution in [0.1, 0.15) is 21.5 Å². The van der Waals surface area contributed by atoms with Crippen LogP contribution in [0.5, 0.6) is 17.2 Å². The number of H-pyrrole nitrogens is 1. The smallest absolute Gasteiger partial charge is 0.252 e. The van der Waals surface area contributed by atoms with Crippen molar-refractivity contribution in [3.63, 3.8) is 0 Å². The Morgan fingerprint density at radius 3 is 2.59 bits per heavy atom. The lowest BCUT2D eigenvalue weighted by Crippen LogP contribution is -2.39. The van der Waals surface area contributed by atoms with Crippen LogP contribution in [0.25, 0.3) is 33.2 Å². The van der Waals surface area contributed by atoms with E-state index in [4.69, 9.17) is 18.9 Å². The molecule has 6 rings (SSSR count). The fourth-order valence-electron chi connectivity index (χ4n) is 5.63. The third kappa shape index (κ3) is 5.71. The number of para-hydroxylation sites is 1. The van der Waals surface area contributed by atoms with Crippen LogP contribution in [0.2, 0.25) is 0 Å². The Morgan fingerprint density at radius 2 is 1.80 bits per heavy atom. The van der Waals surface area contributed by atoms with Crippen molar-refractivity contribution in [1.82, 2.24) is 10.3 Å². The highest BCUT2D eigenvalue weighted by molar-refractivity contribution is 6.03. The molecule has 1 atom stereocenters. The summed E-state index contributed by atoms with van der Waals surface area (Å²) in [4.78, 5) is 17.2. The van der Waals surface area contributed by atoms with Gasteiger partial charge < -0.3 is 34.4 Å². The molecule has 1 aromatic heterocycles. The quantitative estimate of drug-likeness (QED) is 0.164. The van der Waals surface area contributed by atoms with Gasteiger partial charge in [0.1, 0.15) is 24.8 Å². The van der Waals surface area contributed by atoms with Crippen molar-refractivity contribution in [3.8, 4) is 39.5 Å². The number of carbonyl (C=O) groups excluding carboxylic acids is 1. The molecule has 1 aliphatic rings. The summed E-state index contributed by atoms with van der Waals surface area (Å²) in [5.74, 6) is 0.688. The summed E-state index contributed by atoms with van der Waals surface area (Å²) in [6.07, 6.45) is 2.29. The highest BCUT2D eigenvalue weighted by atomic mass is 19.1. The number of methoxy groups -OCH3 is 2. The number of hydrogen-bond acceptors (Lipinski definition) is 6. The fraction of sp³-hybridized carbons (Fsp3) is 0.229. The van der Waals surface area contributed by atoms with Gasteiger partial charge in [0.05, 0.1) is 26.4 Å². The van der Waals surface area contributed by atoms with Crippen molar-refractivity contribution in [2.24, 2.45) is 0 Å². The number of ether oxygens (including phenoxy) is 4. The number of fused-ring (bicyclic) bond motifs is 4. The number of aromatic nitrogens is 1. The van der Waals surface area contributed by atoms with Gasteiger partial charge in [-0.3, -0.25) is 4.79 Å². The summed E-state index contributed by atoms with van der Waals surface area (Å²) >= 11 is 0. The molecule has 5 aromatic rings. The summed E-state index contributed by atoms with van der Waals surface area (Å²) in [6.45, 7) is 0.753. The van der Waals surface area contributed by atoms with Gasteiger partial charge in [-0.1, -0.05) is 36.4 Å². The summed E-state index contributed by atoms with van der Waals surface area (Å²) < 4.78 is 37.9. The summed E-state index contributed by atoms with van der Waals surface area (Å²) in [5, 5.41) is 14.3. The third-order valence-corrected chi connectivity index (χ3v) is 7.83. The second kappa shape index (κ2) is 12.8. The van der Waals surface area contributed by atoms with Crippen molar-refractivity contribution in [3.05, 3.63) is 102 Å². The maximum Gasteiger partial charge on any atom is 0.252 e. The van der Waals surface area contributed by atoms with E-state index in [1.807, 2.05) is 42.6 Å². The molecule has 0 spiro atoms. The van der Waals surface area contributed by atoms with E-state index < -0.39 is 17.8 Å². The summed E-state index contributed by atoms with van der Waals surface area (Å²) in [7, 11) is 3.17. The van der Waals surface area contributed by atoms with Gasteiger partial charge in [0.15, 0.2) is 11.5 Å². The lowest BCUT2D eigenvalue weighted by molar-refractivity contribution is 0.0917. The van der Waals surface area contributed by atoms with E-state index in [1.165, 1.54) is 6.07 Å². The number of nitrogens with one attached hydrogen (secondary N) is 2. The number of hydrogen-bond donors (Lipinski definition) is 3. The zero-order chi connectivity index (χ0) is 30.6. The number of benzene rings is 4. The van der Waals surface area contributed by atoms with Gasteiger partial charge in [-0.25, -0.2) is 4.39 Å². The number of aliphatic hydroxyl groups is 1. The number of rotatable bonds is 11. The minimum Gasteiger partial charge on any atom is -0.493 e. The van der Waals surface area contributed by atoms with Crippen LogP contribution >= 0.6 is 0 Å². The van der Waals surface area contributed by atoms with E-state index in [-0.39, 0.29) is 24.3 Å². The molecule has 0 saturated heterocycles. The molecule has 1 aliphatic heterocycles. The van der Waals surface area contributed by atoms with Crippen molar-refractivity contribution in [2.45, 2.75) is 19.1 Å². The third-order valence-electron chi connectivity index (χ3n) is 7.83. The topological polar surface area (TPSA) is 102 Å². The molecule has 0 unspecified atom stereocenters. The standard InChI is InChI=1S/C35H33FN2O6/c1-41-11-12-43-34-14-22-20-44-32-17-27(25-8-3-5-9-30(25)36)29(15-28(32)26(22)16-33(34)42-2)35(40)38-23(19-39)13-21-18-37-31-10-6-4-7-24(21)31/h3-10,14-18,23,37,39H,11-13,19-20H2,1-2H3,(H,38,40)/t23-/m1/s1. The normalized spacial score (nSPS) is 12.6. The van der Waals surface area contributed by atoms with E-state index >= 15 is 4.39 Å². The molecule has 0 saturated carbocycles. The Bertz CT molecular complexity index is 1820. The molecule has 9 heteroatoms. The molecule has 2 heterocycles. The number of halogens is 1. The zero-order valence-corrected chi connectivity index (χ0v) is 24.5. The molecule has 3 N–H and O–H groups in total. The van der Waals surface area contributed by atoms with Crippen molar-refractivity contribution < 1.29 is 33.2 Å². The highest BCUT2D eigenvalue weighted by Crippen LogP contribution is 2.45. The van der Waals surface area contributed by atoms with Crippen LogP contribution in [0.3, 0.4) is 0 Å². The first kappa shape index (κ1) is 29.2. The first-order chi connectivity index (χ1) is 21.5. The SMILES string of the molecule is COCCOc1cc2c(cc1OC)-c1cc(C(=O)N[C@@H](CO)Cc3c[nH]c4ccccc34)c(-c3ccccc3F)cc1OC2. The molecule has 0 aliphatic carbocycles. The van der Waals surface area contributed by atoms with Gasteiger partial charge in [0.2, 0.25) is 0 Å². The Labute approximate surface area is 254 Å². The largest absolute Gasteiger partial charge is 0.493 e. The van der Waals surface area contributed by atoms with Crippen LogP contribution in [0, 0.1) is 5.82 Å². The van der Waals surface area contributed by atoms with E-state index in [0.29, 0.717) is 48.0 Å². The van der Waals surface area contributed by atoms with Crippen molar-refractivity contribution in [2.75, 3.05) is 34.0 Å². The molecular formula is C35H33FN2O6. The van der Waals surface area contributed by atoms with Crippen LogP contribution in [0.15, 0.2) is 79.0 Å². The minimum atomic E-state index is -0.582. The van der Waals surface area contributed by atoms with Crippen LogP contribution < -0.4 is 19.5 Å². The molecule has 226 valence electrons. The van der Waals surface area contributed by atoms with Crippen LogP contribution in [-0.4, -0.2) is 56.1 Å². The van der Waals surface area contributed by atoms with E-state index in [9.17, 15) is 9.90 Å². The second-order valence-corrected chi connectivity index (χ2v) is 10.6. The Morgan fingerprint density at radius 1 is 0.977 bits per heavy atom. The molecule has 0 fully saturated rings. The Balaban J connectivity index is 1.39. The molecule has 8 nitrogen and oxygen atoms in total. The first-order valence-corrected chi connectivity index (χ1v) is 14.4. The average Bonchev–Trinajstić information content (AvgIpc) is 3.46. The highest BCUT2D eigenvalue weighted by Gasteiger charge is 2.27. The molecule has 1 amide bonds. The van der Waals surface area contributed by atoms with Gasteiger partial charge in [0.25, 0.3) is 5.91 Å². The summed E-state index contributed by atoms with van der Waals surface area (Å²) in [5.41, 5.74) is 5.18. The van der Waals surface area contributed by atoms with E-state index in [1.54, 1.807) is 44.6 Å². The van der Waals surface area contributed by atoms with Gasteiger partial charge in [-0.05, 0) is 53.9 Å². The lowest BCUT2D eigenvalue weighted by atomic mass is 9.90. The lowest BCUT2D eigenvalue weighted by Gasteiger charge is -2.25. The Hall–Kier alpha value is -4.86.